The number of halogens is 1. The Kier molecular flexibility index (Phi) is 6.44. The lowest BCUT2D eigenvalue weighted by atomic mass is 9.84. The molecule has 1 aliphatic carbocycles. The molecule has 0 amide bonds. The first-order valence-corrected chi connectivity index (χ1v) is 12.1. The minimum Gasteiger partial charge on any atom is -0.360 e. The molecular weight excluding hydrogens is 450 g/mol. The third-order valence-corrected chi connectivity index (χ3v) is 7.06. The summed E-state index contributed by atoms with van der Waals surface area (Å²) in [4.78, 5) is 18.9. The van der Waals surface area contributed by atoms with E-state index in [0.29, 0.717) is 27.6 Å². The van der Waals surface area contributed by atoms with Crippen molar-refractivity contribution in [3.05, 3.63) is 87.0 Å². The van der Waals surface area contributed by atoms with Gasteiger partial charge >= 0.3 is 0 Å². The number of allylic oxidation sites excluding steroid dienone is 2. The van der Waals surface area contributed by atoms with E-state index in [9.17, 15) is 4.79 Å². The fraction of sp³-hybridized carbons (Fsp3) is 0.333. The lowest BCUT2D eigenvalue weighted by Crippen LogP contribution is -2.29. The Hall–Kier alpha value is -3.09. The zero-order valence-electron chi connectivity index (χ0n) is 19.4. The standard InChI is InChI=1S/C27H28ClN3O3/c1-17-24-26(30-34-17)25-22(28)12-7-13-23(25)31(27(24)32)21-11-6-10-19(16-21)15-20(29-33-2)14-18-8-4-3-5-9-18/h3-5,7-9,12-13,15,19,21,29H,6,10-11,14,16H2,1-2H3. The normalized spacial score (nSPS) is 19.1. The lowest BCUT2D eigenvalue weighted by Gasteiger charge is -2.30. The third-order valence-electron chi connectivity index (χ3n) is 6.74. The molecule has 1 N–H and O–H groups in total. The summed E-state index contributed by atoms with van der Waals surface area (Å²) in [5.41, 5.74) is 6.61. The molecule has 1 saturated carbocycles. The van der Waals surface area contributed by atoms with E-state index in [-0.39, 0.29) is 11.6 Å². The summed E-state index contributed by atoms with van der Waals surface area (Å²) in [7, 11) is 1.63. The average molecular weight is 478 g/mol. The average Bonchev–Trinajstić information content (AvgIpc) is 3.22. The van der Waals surface area contributed by atoms with Crippen LogP contribution in [0.1, 0.15) is 43.0 Å². The summed E-state index contributed by atoms with van der Waals surface area (Å²) in [6.07, 6.45) is 6.94. The van der Waals surface area contributed by atoms with Crippen LogP contribution in [-0.2, 0) is 11.3 Å². The van der Waals surface area contributed by atoms with Gasteiger partial charge in [-0.05, 0) is 49.8 Å². The van der Waals surface area contributed by atoms with Gasteiger partial charge in [0.2, 0.25) is 0 Å². The Morgan fingerprint density at radius 3 is 2.82 bits per heavy atom. The fourth-order valence-electron chi connectivity index (χ4n) is 5.28. The summed E-state index contributed by atoms with van der Waals surface area (Å²) < 4.78 is 7.33. The van der Waals surface area contributed by atoms with Crippen molar-refractivity contribution in [1.29, 1.82) is 0 Å². The van der Waals surface area contributed by atoms with Crippen LogP contribution in [0.5, 0.6) is 0 Å². The molecule has 2 atom stereocenters. The molecule has 2 aromatic heterocycles. The highest BCUT2D eigenvalue weighted by Gasteiger charge is 2.27. The smallest absolute Gasteiger partial charge is 0.264 e. The maximum absolute atomic E-state index is 13.7. The third kappa shape index (κ3) is 4.24. The molecule has 2 aromatic carbocycles. The molecule has 7 heteroatoms. The minimum absolute atomic E-state index is 0.0577. The van der Waals surface area contributed by atoms with Crippen molar-refractivity contribution in [2.45, 2.75) is 45.1 Å². The van der Waals surface area contributed by atoms with Crippen molar-refractivity contribution in [3.63, 3.8) is 0 Å². The van der Waals surface area contributed by atoms with Gasteiger partial charge in [0, 0.05) is 23.5 Å². The number of rotatable bonds is 6. The monoisotopic (exact) mass is 477 g/mol. The maximum Gasteiger partial charge on any atom is 0.264 e. The second kappa shape index (κ2) is 9.65. The first kappa shape index (κ1) is 22.7. The molecule has 2 unspecified atom stereocenters. The Morgan fingerprint density at radius 2 is 2.03 bits per heavy atom. The maximum atomic E-state index is 13.7. The zero-order valence-corrected chi connectivity index (χ0v) is 20.1. The van der Waals surface area contributed by atoms with Crippen molar-refractivity contribution >= 4 is 33.4 Å². The number of aryl methyl sites for hydroxylation is 1. The lowest BCUT2D eigenvalue weighted by molar-refractivity contribution is 0.115. The minimum atomic E-state index is -0.0577. The van der Waals surface area contributed by atoms with E-state index in [1.807, 2.05) is 41.0 Å². The van der Waals surface area contributed by atoms with Crippen LogP contribution < -0.4 is 11.0 Å². The van der Waals surface area contributed by atoms with Gasteiger partial charge < -0.3 is 9.09 Å². The van der Waals surface area contributed by atoms with E-state index >= 15 is 0 Å². The molecule has 0 radical (unpaired) electrons. The molecule has 1 fully saturated rings. The van der Waals surface area contributed by atoms with Crippen LogP contribution >= 0.6 is 11.6 Å². The molecule has 0 saturated heterocycles. The predicted octanol–water partition coefficient (Wildman–Crippen LogP) is 6.11. The van der Waals surface area contributed by atoms with Gasteiger partial charge in [-0.15, -0.1) is 0 Å². The van der Waals surface area contributed by atoms with Crippen LogP contribution in [0.4, 0.5) is 0 Å². The molecule has 5 rings (SSSR count). The molecule has 176 valence electrons. The van der Waals surface area contributed by atoms with Gasteiger partial charge in [-0.3, -0.25) is 15.1 Å². The summed E-state index contributed by atoms with van der Waals surface area (Å²) in [6.45, 7) is 1.78. The summed E-state index contributed by atoms with van der Waals surface area (Å²) >= 11 is 6.59. The van der Waals surface area contributed by atoms with E-state index < -0.39 is 0 Å². The van der Waals surface area contributed by atoms with Gasteiger partial charge in [0.1, 0.15) is 16.7 Å². The van der Waals surface area contributed by atoms with Crippen molar-refractivity contribution in [1.82, 2.24) is 15.2 Å². The first-order valence-electron chi connectivity index (χ1n) is 11.7. The topological polar surface area (TPSA) is 69.3 Å². The zero-order chi connectivity index (χ0) is 23.7. The van der Waals surface area contributed by atoms with Crippen molar-refractivity contribution < 1.29 is 9.36 Å². The van der Waals surface area contributed by atoms with Crippen molar-refractivity contribution in [2.24, 2.45) is 5.92 Å². The SMILES string of the molecule is CONC(=CC1CCCC(n2c(=O)c3c(C)onc3c3c(Cl)cccc32)C1)Cc1ccccc1. The van der Waals surface area contributed by atoms with Gasteiger partial charge in [-0.2, -0.15) is 0 Å². The molecule has 4 aromatic rings. The fourth-order valence-corrected chi connectivity index (χ4v) is 5.54. The van der Waals surface area contributed by atoms with Crippen LogP contribution in [0.25, 0.3) is 21.8 Å². The Bertz CT molecular complexity index is 1410. The highest BCUT2D eigenvalue weighted by Crippen LogP contribution is 2.37. The molecule has 0 spiro atoms. The van der Waals surface area contributed by atoms with Gasteiger partial charge in [0.15, 0.2) is 0 Å². The summed E-state index contributed by atoms with van der Waals surface area (Å²) in [6, 6.07) is 16.1. The number of hydroxylamine groups is 1. The summed E-state index contributed by atoms with van der Waals surface area (Å²) in [5, 5.41) is 6.03. The first-order chi connectivity index (χ1) is 16.6. The number of pyridine rings is 1. The molecule has 0 bridgehead atoms. The second-order valence-corrected chi connectivity index (χ2v) is 9.42. The second-order valence-electron chi connectivity index (χ2n) is 9.01. The molecular formula is C27H28ClN3O3. The van der Waals surface area contributed by atoms with Gasteiger partial charge in [0.25, 0.3) is 5.56 Å². The number of nitrogens with zero attached hydrogens (tertiary/aromatic N) is 2. The number of hydrogen-bond donors (Lipinski definition) is 1. The quantitative estimate of drug-likeness (QED) is 0.339. The van der Waals surface area contributed by atoms with Crippen molar-refractivity contribution in [3.8, 4) is 0 Å². The van der Waals surface area contributed by atoms with E-state index in [4.69, 9.17) is 21.0 Å². The summed E-state index contributed by atoms with van der Waals surface area (Å²) in [5.74, 6) is 0.845. The van der Waals surface area contributed by atoms with Crippen LogP contribution in [0, 0.1) is 12.8 Å². The molecule has 2 heterocycles. The molecule has 34 heavy (non-hydrogen) atoms. The Morgan fingerprint density at radius 1 is 1.21 bits per heavy atom. The molecule has 0 aliphatic heterocycles. The van der Waals surface area contributed by atoms with E-state index in [0.717, 1.165) is 48.7 Å². The van der Waals surface area contributed by atoms with Crippen LogP contribution in [0.15, 0.2) is 69.6 Å². The number of nitrogens with one attached hydrogen (secondary N) is 1. The Balaban J connectivity index is 1.53. The van der Waals surface area contributed by atoms with Gasteiger partial charge in [-0.1, -0.05) is 65.7 Å². The van der Waals surface area contributed by atoms with Crippen LogP contribution in [0.2, 0.25) is 5.02 Å². The van der Waals surface area contributed by atoms with Crippen LogP contribution in [-0.4, -0.2) is 16.8 Å². The number of aromatic nitrogens is 2. The highest BCUT2D eigenvalue weighted by atomic mass is 35.5. The van der Waals surface area contributed by atoms with E-state index in [1.165, 1.54) is 5.56 Å². The molecule has 6 nitrogen and oxygen atoms in total. The van der Waals surface area contributed by atoms with E-state index in [1.54, 1.807) is 14.0 Å². The number of hydrogen-bond acceptors (Lipinski definition) is 5. The Labute approximate surface area is 203 Å². The molecule has 1 aliphatic rings. The van der Waals surface area contributed by atoms with Gasteiger partial charge in [-0.25, -0.2) is 0 Å². The van der Waals surface area contributed by atoms with Crippen molar-refractivity contribution in [2.75, 3.05) is 7.11 Å². The van der Waals surface area contributed by atoms with E-state index in [2.05, 4.69) is 28.8 Å². The largest absolute Gasteiger partial charge is 0.360 e. The highest BCUT2D eigenvalue weighted by molar-refractivity contribution is 6.37. The number of benzene rings is 2. The predicted molar refractivity (Wildman–Crippen MR) is 135 cm³/mol. The van der Waals surface area contributed by atoms with Crippen LogP contribution in [0.3, 0.4) is 0 Å². The van der Waals surface area contributed by atoms with Gasteiger partial charge in [0.05, 0.1) is 17.6 Å². The number of fused-ring (bicyclic) bond motifs is 3.